The molecule has 10 heteroatoms. The summed E-state index contributed by atoms with van der Waals surface area (Å²) < 4.78 is 5.38. The van der Waals surface area contributed by atoms with Gasteiger partial charge in [0.1, 0.15) is 5.82 Å². The van der Waals surface area contributed by atoms with E-state index in [4.69, 9.17) is 4.74 Å². The Hall–Kier alpha value is -4.41. The zero-order valence-corrected chi connectivity index (χ0v) is 27.8. The van der Waals surface area contributed by atoms with E-state index in [9.17, 15) is 14.4 Å². The zero-order chi connectivity index (χ0) is 33.1. The van der Waals surface area contributed by atoms with Gasteiger partial charge in [0.25, 0.3) is 17.7 Å². The number of hydrogen-bond acceptors (Lipinski definition) is 7. The Balaban J connectivity index is 0.00000190. The van der Waals surface area contributed by atoms with Gasteiger partial charge in [0, 0.05) is 54.4 Å². The van der Waals surface area contributed by atoms with E-state index in [0.717, 1.165) is 55.9 Å². The summed E-state index contributed by atoms with van der Waals surface area (Å²) >= 11 is 1.51. The molecule has 47 heavy (non-hydrogen) atoms. The summed E-state index contributed by atoms with van der Waals surface area (Å²) in [5.74, 6) is 0.841. The second kappa shape index (κ2) is 13.8. The van der Waals surface area contributed by atoms with E-state index in [1.807, 2.05) is 19.9 Å². The van der Waals surface area contributed by atoms with Crippen LogP contribution < -0.4 is 15.5 Å². The van der Waals surface area contributed by atoms with Gasteiger partial charge in [-0.25, -0.2) is 4.98 Å². The first kappa shape index (κ1) is 32.5. The van der Waals surface area contributed by atoms with Crippen LogP contribution in [0.3, 0.4) is 0 Å². The third-order valence-electron chi connectivity index (χ3n) is 8.93. The van der Waals surface area contributed by atoms with Crippen LogP contribution in [0.2, 0.25) is 0 Å². The normalized spacial score (nSPS) is 19.6. The van der Waals surface area contributed by atoms with Crippen LogP contribution in [0.25, 0.3) is 0 Å². The molecule has 4 aliphatic heterocycles. The quantitative estimate of drug-likeness (QED) is 0.368. The summed E-state index contributed by atoms with van der Waals surface area (Å²) in [6, 6.07) is 10.8. The number of hydrogen-bond donors (Lipinski definition) is 2. The Morgan fingerprint density at radius 1 is 1.04 bits per heavy atom. The number of ether oxygens (including phenoxy) is 1. The van der Waals surface area contributed by atoms with E-state index in [1.165, 1.54) is 11.8 Å². The van der Waals surface area contributed by atoms with Gasteiger partial charge in [-0.15, -0.1) is 11.8 Å². The second-order valence-electron chi connectivity index (χ2n) is 12.2. The molecule has 2 aromatic rings. The average Bonchev–Trinajstić information content (AvgIpc) is 3.90. The Morgan fingerprint density at radius 2 is 1.79 bits per heavy atom. The topological polar surface area (TPSA) is 104 Å². The number of benzene rings is 1. The molecular formula is C37H41N5O4S. The van der Waals surface area contributed by atoms with Gasteiger partial charge >= 0.3 is 0 Å². The Labute approximate surface area is 280 Å². The molecule has 1 aromatic carbocycles. The van der Waals surface area contributed by atoms with Gasteiger partial charge in [-0.3, -0.25) is 14.4 Å². The van der Waals surface area contributed by atoms with Crippen molar-refractivity contribution < 1.29 is 19.1 Å². The van der Waals surface area contributed by atoms with Crippen LogP contribution in [0.15, 0.2) is 101 Å². The van der Waals surface area contributed by atoms with Crippen molar-refractivity contribution in [3.05, 3.63) is 112 Å². The van der Waals surface area contributed by atoms with E-state index in [-0.39, 0.29) is 23.1 Å². The molecule has 3 fully saturated rings. The summed E-state index contributed by atoms with van der Waals surface area (Å²) in [5, 5.41) is 6.04. The molecule has 1 saturated carbocycles. The largest absolute Gasteiger partial charge is 0.380 e. The number of pyridine rings is 1. The minimum Gasteiger partial charge on any atom is -0.380 e. The van der Waals surface area contributed by atoms with E-state index in [2.05, 4.69) is 33.7 Å². The SMILES string of the molecule is C=CC1=C(C=C)N(C(=O)c2ccc(NC(=O)c3cccnc3N3CC4(COC4)C3)cc2)CCC2=C1CSC(C(=O)NC1CC1)=C2.CC. The van der Waals surface area contributed by atoms with Gasteiger partial charge in [0.15, 0.2) is 0 Å². The molecule has 244 valence electrons. The molecule has 1 spiro atoms. The number of amides is 3. The van der Waals surface area contributed by atoms with Crippen LogP contribution >= 0.6 is 11.8 Å². The molecule has 9 nitrogen and oxygen atoms in total. The number of allylic oxidation sites excluding steroid dienone is 4. The van der Waals surface area contributed by atoms with E-state index in [1.54, 1.807) is 59.6 Å². The van der Waals surface area contributed by atoms with Crippen LogP contribution in [0, 0.1) is 5.41 Å². The smallest absolute Gasteiger partial charge is 0.259 e. The predicted molar refractivity (Wildman–Crippen MR) is 187 cm³/mol. The number of aromatic nitrogens is 1. The van der Waals surface area contributed by atoms with Crippen molar-refractivity contribution in [2.45, 2.75) is 39.2 Å². The third kappa shape index (κ3) is 6.57. The molecule has 0 bridgehead atoms. The van der Waals surface area contributed by atoms with Crippen molar-refractivity contribution >= 4 is 41.0 Å². The first-order valence-corrected chi connectivity index (χ1v) is 17.2. The summed E-state index contributed by atoms with van der Waals surface area (Å²) in [6.07, 6.45) is 9.81. The van der Waals surface area contributed by atoms with Gasteiger partial charge in [-0.2, -0.15) is 0 Å². The molecule has 0 atom stereocenters. The first-order chi connectivity index (χ1) is 22.9. The Kier molecular flexibility index (Phi) is 9.52. The standard InChI is InChI=1S/C35H35N5O4S.C2H6/c1-3-26-28-17-45-30(33(42)38-25-11-12-25)16-23(28)13-15-40(29(26)4-2)34(43)22-7-9-24(10-8-22)37-32(41)27-6-5-14-36-31(27)39-18-35(19-39)20-44-21-35;1-2/h3-10,14,16,25H,1-2,11-13,15,17-21H2,(H,37,41)(H,38,42);1-2H3. The first-order valence-electron chi connectivity index (χ1n) is 16.3. The number of rotatable bonds is 8. The lowest BCUT2D eigenvalue weighted by Crippen LogP contribution is -2.66. The van der Waals surface area contributed by atoms with Crippen molar-refractivity contribution in [3.63, 3.8) is 0 Å². The van der Waals surface area contributed by atoms with Crippen molar-refractivity contribution in [2.75, 3.05) is 48.8 Å². The van der Waals surface area contributed by atoms with Crippen molar-refractivity contribution in [3.8, 4) is 0 Å². The second-order valence-corrected chi connectivity index (χ2v) is 13.2. The summed E-state index contributed by atoms with van der Waals surface area (Å²) in [5.41, 5.74) is 5.44. The van der Waals surface area contributed by atoms with E-state index in [0.29, 0.717) is 58.0 Å². The number of carbonyl (C=O) groups is 3. The minimum atomic E-state index is -0.254. The lowest BCUT2D eigenvalue weighted by Gasteiger charge is -2.55. The fourth-order valence-corrected chi connectivity index (χ4v) is 7.35. The van der Waals surface area contributed by atoms with E-state index >= 15 is 0 Å². The molecular weight excluding hydrogens is 611 g/mol. The molecule has 7 rings (SSSR count). The molecule has 0 unspecified atom stereocenters. The number of nitrogens with zero attached hydrogens (tertiary/aromatic N) is 3. The number of carbonyl (C=O) groups excluding carboxylic acids is 3. The highest BCUT2D eigenvalue weighted by molar-refractivity contribution is 8.04. The maximum atomic E-state index is 13.9. The third-order valence-corrected chi connectivity index (χ3v) is 9.98. The van der Waals surface area contributed by atoms with Crippen LogP contribution in [0.4, 0.5) is 11.5 Å². The Bertz CT molecular complexity index is 1690. The fourth-order valence-electron chi connectivity index (χ4n) is 6.29. The van der Waals surface area contributed by atoms with Crippen molar-refractivity contribution in [2.24, 2.45) is 5.41 Å². The summed E-state index contributed by atoms with van der Waals surface area (Å²) in [6.45, 7) is 15.7. The van der Waals surface area contributed by atoms with Gasteiger partial charge < -0.3 is 25.2 Å². The van der Waals surface area contributed by atoms with Gasteiger partial charge in [0.05, 0.1) is 34.8 Å². The molecule has 0 radical (unpaired) electrons. The monoisotopic (exact) mass is 651 g/mol. The average molecular weight is 652 g/mol. The van der Waals surface area contributed by atoms with Gasteiger partial charge in [-0.1, -0.05) is 33.1 Å². The lowest BCUT2D eigenvalue weighted by molar-refractivity contribution is -0.127. The highest BCUT2D eigenvalue weighted by atomic mass is 32.2. The van der Waals surface area contributed by atoms with Gasteiger partial charge in [-0.05, 0) is 79.0 Å². The highest BCUT2D eigenvalue weighted by Gasteiger charge is 2.50. The molecule has 1 aromatic heterocycles. The van der Waals surface area contributed by atoms with Crippen molar-refractivity contribution in [1.82, 2.24) is 15.2 Å². The summed E-state index contributed by atoms with van der Waals surface area (Å²) in [4.78, 5) is 49.0. The highest BCUT2D eigenvalue weighted by Crippen LogP contribution is 2.41. The molecule has 5 heterocycles. The van der Waals surface area contributed by atoms with Crippen LogP contribution in [0.1, 0.15) is 53.8 Å². The molecule has 3 amide bonds. The van der Waals surface area contributed by atoms with E-state index < -0.39 is 0 Å². The van der Waals surface area contributed by atoms with Crippen LogP contribution in [-0.4, -0.2) is 72.2 Å². The van der Waals surface area contributed by atoms with Crippen LogP contribution in [0.5, 0.6) is 0 Å². The fraction of sp³-hybridized carbons (Fsp3) is 0.351. The number of anilines is 2. The van der Waals surface area contributed by atoms with Crippen LogP contribution in [-0.2, 0) is 9.53 Å². The maximum absolute atomic E-state index is 13.9. The molecule has 2 saturated heterocycles. The minimum absolute atomic E-state index is 0.0241. The maximum Gasteiger partial charge on any atom is 0.259 e. The Morgan fingerprint density at radius 3 is 2.43 bits per heavy atom. The molecule has 2 N–H and O–H groups in total. The zero-order valence-electron chi connectivity index (χ0n) is 27.0. The van der Waals surface area contributed by atoms with Crippen molar-refractivity contribution in [1.29, 1.82) is 0 Å². The molecule has 1 aliphatic carbocycles. The number of nitrogens with one attached hydrogen (secondary N) is 2. The molecule has 5 aliphatic rings. The number of thioether (sulfide) groups is 1. The summed E-state index contributed by atoms with van der Waals surface area (Å²) in [7, 11) is 0. The van der Waals surface area contributed by atoms with Gasteiger partial charge in [0.2, 0.25) is 0 Å². The predicted octanol–water partition coefficient (Wildman–Crippen LogP) is 5.87. The lowest BCUT2D eigenvalue weighted by atomic mass is 9.78.